The number of nitrogens with zero attached hydrogens (tertiary/aromatic N) is 3. The monoisotopic (exact) mass is 506 g/mol. The van der Waals surface area contributed by atoms with Crippen LogP contribution in [0.5, 0.6) is 0 Å². The molecule has 0 aliphatic carbocycles. The van der Waals surface area contributed by atoms with Gasteiger partial charge in [-0.25, -0.2) is 4.79 Å². The fourth-order valence-corrected chi connectivity index (χ4v) is 5.08. The lowest BCUT2D eigenvalue weighted by atomic mass is 10.1. The number of halogens is 6. The minimum Gasteiger partial charge on any atom is -0.321 e. The van der Waals surface area contributed by atoms with Gasteiger partial charge in [0.15, 0.2) is 0 Å². The van der Waals surface area contributed by atoms with Crippen LogP contribution in [0.1, 0.15) is 21.6 Å². The van der Waals surface area contributed by atoms with Crippen LogP contribution < -0.4 is 5.32 Å². The van der Waals surface area contributed by atoms with Crippen molar-refractivity contribution < 1.29 is 31.1 Å². The Hall–Kier alpha value is -2.31. The lowest BCUT2D eigenvalue weighted by Gasteiger charge is -2.48. The van der Waals surface area contributed by atoms with E-state index in [1.165, 1.54) is 15.3 Å². The highest BCUT2D eigenvalue weighted by Gasteiger charge is 2.39. The first kappa shape index (κ1) is 24.8. The molecule has 1 aromatic carbocycles. The Morgan fingerprint density at radius 2 is 1.59 bits per heavy atom. The van der Waals surface area contributed by atoms with Gasteiger partial charge in [0.25, 0.3) is 0 Å². The molecule has 0 spiro atoms. The SMILES string of the molecule is Cc1ccsc1CN1CCN(C2CN(C(=O)Nc3cc(C(F)(F)F)cc(C(F)(F)F)c3)C2)CC1. The number of benzene rings is 1. The summed E-state index contributed by atoms with van der Waals surface area (Å²) in [6.07, 6.45) is -9.93. The number of urea groups is 1. The Balaban J connectivity index is 1.29. The zero-order valence-electron chi connectivity index (χ0n) is 18.3. The minimum atomic E-state index is -4.97. The van der Waals surface area contributed by atoms with Gasteiger partial charge < -0.3 is 10.2 Å². The van der Waals surface area contributed by atoms with Crippen molar-refractivity contribution in [3.05, 3.63) is 51.2 Å². The van der Waals surface area contributed by atoms with Gasteiger partial charge in [-0.15, -0.1) is 11.3 Å². The first-order valence-electron chi connectivity index (χ1n) is 10.7. The summed E-state index contributed by atoms with van der Waals surface area (Å²) in [7, 11) is 0. The van der Waals surface area contributed by atoms with E-state index >= 15 is 0 Å². The molecule has 186 valence electrons. The predicted octanol–water partition coefficient (Wildman–Crippen LogP) is 5.13. The van der Waals surface area contributed by atoms with Crippen LogP contribution in [0.25, 0.3) is 0 Å². The van der Waals surface area contributed by atoms with Crippen molar-refractivity contribution in [1.82, 2.24) is 14.7 Å². The van der Waals surface area contributed by atoms with E-state index in [4.69, 9.17) is 0 Å². The second-order valence-electron chi connectivity index (χ2n) is 8.62. The molecule has 3 heterocycles. The molecular formula is C22H24F6N4OS. The molecule has 0 radical (unpaired) electrons. The van der Waals surface area contributed by atoms with Gasteiger partial charge in [0.05, 0.1) is 11.1 Å². The summed E-state index contributed by atoms with van der Waals surface area (Å²) in [6, 6.07) is 2.58. The maximum Gasteiger partial charge on any atom is 0.416 e. The molecule has 0 bridgehead atoms. The largest absolute Gasteiger partial charge is 0.416 e. The second kappa shape index (κ2) is 9.38. The summed E-state index contributed by atoms with van der Waals surface area (Å²) >= 11 is 1.74. The smallest absolute Gasteiger partial charge is 0.321 e. The van der Waals surface area contributed by atoms with Gasteiger partial charge in [-0.05, 0) is 42.1 Å². The van der Waals surface area contributed by atoms with Crippen molar-refractivity contribution in [3.8, 4) is 0 Å². The first-order chi connectivity index (χ1) is 15.9. The number of alkyl halides is 6. The average Bonchev–Trinajstić information content (AvgIpc) is 3.11. The van der Waals surface area contributed by atoms with Crippen LogP contribution >= 0.6 is 11.3 Å². The maximum absolute atomic E-state index is 13.0. The molecule has 0 saturated carbocycles. The van der Waals surface area contributed by atoms with Crippen LogP contribution in [0.15, 0.2) is 29.6 Å². The normalized spacial score (nSPS) is 18.7. The van der Waals surface area contributed by atoms with Crippen molar-refractivity contribution >= 4 is 23.1 Å². The molecule has 2 saturated heterocycles. The molecule has 34 heavy (non-hydrogen) atoms. The fraction of sp³-hybridized carbons (Fsp3) is 0.500. The molecule has 2 amide bonds. The number of likely N-dealkylation sites (tertiary alicyclic amines) is 1. The van der Waals surface area contributed by atoms with Gasteiger partial charge in [0.2, 0.25) is 0 Å². The van der Waals surface area contributed by atoms with E-state index in [2.05, 4.69) is 33.5 Å². The highest BCUT2D eigenvalue weighted by Crippen LogP contribution is 2.37. The Morgan fingerprint density at radius 1 is 1.00 bits per heavy atom. The first-order valence-corrected chi connectivity index (χ1v) is 11.6. The number of carbonyl (C=O) groups excluding carboxylic acids is 1. The molecule has 2 aromatic rings. The summed E-state index contributed by atoms with van der Waals surface area (Å²) in [5, 5.41) is 4.27. The number of anilines is 1. The molecule has 12 heteroatoms. The number of piperazine rings is 1. The van der Waals surface area contributed by atoms with Gasteiger partial charge in [0, 0.05) is 62.4 Å². The predicted molar refractivity (Wildman–Crippen MR) is 117 cm³/mol. The second-order valence-corrected chi connectivity index (χ2v) is 9.62. The standard InChI is InChI=1S/C22H24F6N4OS/c1-14-2-7-34-19(14)13-30-3-5-31(6-4-30)18-11-32(12-18)20(33)29-17-9-15(21(23,24)25)8-16(10-17)22(26,27)28/h2,7-10,18H,3-6,11-13H2,1H3,(H,29,33). The van der Waals surface area contributed by atoms with E-state index in [1.807, 2.05) is 0 Å². The van der Waals surface area contributed by atoms with Gasteiger partial charge in [-0.1, -0.05) is 0 Å². The maximum atomic E-state index is 13.0. The molecule has 1 N–H and O–H groups in total. The number of hydrogen-bond donors (Lipinski definition) is 1. The summed E-state index contributed by atoms with van der Waals surface area (Å²) in [4.78, 5) is 19.8. The van der Waals surface area contributed by atoms with E-state index in [0.29, 0.717) is 25.2 Å². The van der Waals surface area contributed by atoms with Gasteiger partial charge in [0.1, 0.15) is 0 Å². The van der Waals surface area contributed by atoms with E-state index < -0.39 is 35.2 Å². The Labute approximate surface area is 196 Å². The third kappa shape index (κ3) is 5.66. The number of hydrogen-bond acceptors (Lipinski definition) is 4. The quantitative estimate of drug-likeness (QED) is 0.585. The number of nitrogens with one attached hydrogen (secondary N) is 1. The molecule has 2 aliphatic heterocycles. The third-order valence-corrected chi connectivity index (χ3v) is 7.25. The number of rotatable bonds is 4. The van der Waals surface area contributed by atoms with Gasteiger partial charge >= 0.3 is 18.4 Å². The molecule has 4 rings (SSSR count). The number of carbonyl (C=O) groups is 1. The molecule has 2 aliphatic rings. The van der Waals surface area contributed by atoms with Crippen molar-refractivity contribution in [3.63, 3.8) is 0 Å². The fourth-order valence-electron chi connectivity index (χ4n) is 4.14. The molecule has 0 unspecified atom stereocenters. The molecule has 2 fully saturated rings. The summed E-state index contributed by atoms with van der Waals surface area (Å²) in [5.74, 6) is 0. The number of amides is 2. The Morgan fingerprint density at radius 3 is 2.09 bits per heavy atom. The zero-order chi connectivity index (χ0) is 24.7. The highest BCUT2D eigenvalue weighted by molar-refractivity contribution is 7.10. The van der Waals surface area contributed by atoms with Crippen LogP contribution in [0.4, 0.5) is 36.8 Å². The molecule has 0 atom stereocenters. The average molecular weight is 507 g/mol. The van der Waals surface area contributed by atoms with Crippen molar-refractivity contribution in [2.24, 2.45) is 0 Å². The Bertz CT molecular complexity index is 991. The van der Waals surface area contributed by atoms with Gasteiger partial charge in [-0.2, -0.15) is 26.3 Å². The van der Waals surface area contributed by atoms with Crippen molar-refractivity contribution in [2.75, 3.05) is 44.6 Å². The topological polar surface area (TPSA) is 38.8 Å². The summed E-state index contributed by atoms with van der Waals surface area (Å²) in [6.45, 7) is 7.23. The van der Waals surface area contributed by atoms with E-state index in [-0.39, 0.29) is 12.1 Å². The van der Waals surface area contributed by atoms with E-state index in [0.717, 1.165) is 32.7 Å². The van der Waals surface area contributed by atoms with Crippen LogP contribution in [0.2, 0.25) is 0 Å². The van der Waals surface area contributed by atoms with Crippen LogP contribution in [0, 0.1) is 6.92 Å². The van der Waals surface area contributed by atoms with Crippen LogP contribution in [-0.4, -0.2) is 66.0 Å². The molecule has 5 nitrogen and oxygen atoms in total. The summed E-state index contributed by atoms with van der Waals surface area (Å²) in [5.41, 5.74) is -2.17. The minimum absolute atomic E-state index is 0.0364. The highest BCUT2D eigenvalue weighted by atomic mass is 32.1. The molecule has 1 aromatic heterocycles. The summed E-state index contributed by atoms with van der Waals surface area (Å²) < 4.78 is 78.1. The third-order valence-electron chi connectivity index (χ3n) is 6.25. The number of aryl methyl sites for hydroxylation is 1. The van der Waals surface area contributed by atoms with Crippen LogP contribution in [0.3, 0.4) is 0 Å². The van der Waals surface area contributed by atoms with Crippen molar-refractivity contribution in [1.29, 1.82) is 0 Å². The van der Waals surface area contributed by atoms with Gasteiger partial charge in [-0.3, -0.25) is 9.80 Å². The van der Waals surface area contributed by atoms with Crippen molar-refractivity contribution in [2.45, 2.75) is 31.9 Å². The zero-order valence-corrected chi connectivity index (χ0v) is 19.2. The lowest BCUT2D eigenvalue weighted by molar-refractivity contribution is -0.143. The lowest BCUT2D eigenvalue weighted by Crippen LogP contribution is -2.64. The van der Waals surface area contributed by atoms with E-state index in [1.54, 1.807) is 11.3 Å². The number of thiophene rings is 1. The molecular weight excluding hydrogens is 482 g/mol. The van der Waals surface area contributed by atoms with E-state index in [9.17, 15) is 31.1 Å². The Kier molecular flexibility index (Phi) is 6.85. The van der Waals surface area contributed by atoms with Crippen LogP contribution in [-0.2, 0) is 18.9 Å².